The van der Waals surface area contributed by atoms with Crippen molar-refractivity contribution < 1.29 is 9.53 Å². The molecule has 0 saturated heterocycles. The molecule has 0 bridgehead atoms. The molecular formula is C20H23Cl2NO2. The average Bonchev–Trinajstić information content (AvgIpc) is 2.56. The van der Waals surface area contributed by atoms with Gasteiger partial charge in [-0.25, -0.2) is 0 Å². The number of halogens is 2. The van der Waals surface area contributed by atoms with Crippen molar-refractivity contribution in [2.24, 2.45) is 5.92 Å². The fourth-order valence-electron chi connectivity index (χ4n) is 2.52. The highest BCUT2D eigenvalue weighted by Gasteiger charge is 2.12. The number of hydrogen-bond donors (Lipinski definition) is 1. The summed E-state index contributed by atoms with van der Waals surface area (Å²) in [5.74, 6) is 0.809. The second-order valence-corrected chi connectivity index (χ2v) is 7.25. The zero-order valence-corrected chi connectivity index (χ0v) is 16.2. The summed E-state index contributed by atoms with van der Waals surface area (Å²) in [6.45, 7) is 6.23. The smallest absolute Gasteiger partial charge is 0.258 e. The summed E-state index contributed by atoms with van der Waals surface area (Å²) < 4.78 is 5.45. The second kappa shape index (κ2) is 9.12. The fraction of sp³-hybridized carbons (Fsp3) is 0.350. The van der Waals surface area contributed by atoms with E-state index < -0.39 is 0 Å². The molecule has 2 aromatic carbocycles. The van der Waals surface area contributed by atoms with Crippen LogP contribution in [0, 0.1) is 5.92 Å². The molecule has 1 amide bonds. The number of carbonyl (C=O) groups is 1. The van der Waals surface area contributed by atoms with Crippen LogP contribution in [-0.2, 0) is 11.2 Å². The van der Waals surface area contributed by atoms with Gasteiger partial charge in [0.05, 0.1) is 11.1 Å². The quantitative estimate of drug-likeness (QED) is 0.694. The molecule has 0 saturated carbocycles. The SMILES string of the molecule is CC(C)Cc1ccc([C@H](C)NC(=O)COc2cccc(Cl)c2Cl)cc1. The van der Waals surface area contributed by atoms with Crippen LogP contribution in [0.25, 0.3) is 0 Å². The first-order chi connectivity index (χ1) is 11.9. The molecule has 0 radical (unpaired) electrons. The van der Waals surface area contributed by atoms with E-state index in [0.29, 0.717) is 21.7 Å². The lowest BCUT2D eigenvalue weighted by molar-refractivity contribution is -0.123. The van der Waals surface area contributed by atoms with Crippen molar-refractivity contribution in [3.8, 4) is 5.75 Å². The van der Waals surface area contributed by atoms with Crippen molar-refractivity contribution in [1.82, 2.24) is 5.32 Å². The third-order valence-electron chi connectivity index (χ3n) is 3.78. The van der Waals surface area contributed by atoms with Gasteiger partial charge in [0.15, 0.2) is 6.61 Å². The molecule has 0 aliphatic heterocycles. The summed E-state index contributed by atoms with van der Waals surface area (Å²) in [6, 6.07) is 13.3. The maximum Gasteiger partial charge on any atom is 0.258 e. The molecule has 2 aromatic rings. The van der Waals surface area contributed by atoms with Crippen LogP contribution in [0.4, 0.5) is 0 Å². The molecule has 134 valence electrons. The number of carbonyl (C=O) groups excluding carboxylic acids is 1. The van der Waals surface area contributed by atoms with E-state index in [-0.39, 0.29) is 18.6 Å². The molecule has 0 aliphatic rings. The maximum atomic E-state index is 12.1. The molecule has 0 fully saturated rings. The van der Waals surface area contributed by atoms with Gasteiger partial charge in [0.1, 0.15) is 10.8 Å². The van der Waals surface area contributed by atoms with Crippen LogP contribution in [0.2, 0.25) is 10.0 Å². The molecule has 1 atom stereocenters. The molecule has 5 heteroatoms. The second-order valence-electron chi connectivity index (χ2n) is 6.47. The third kappa shape index (κ3) is 5.94. The third-order valence-corrected chi connectivity index (χ3v) is 4.58. The highest BCUT2D eigenvalue weighted by Crippen LogP contribution is 2.31. The highest BCUT2D eigenvalue weighted by molar-refractivity contribution is 6.42. The number of amides is 1. The molecular weight excluding hydrogens is 357 g/mol. The van der Waals surface area contributed by atoms with Crippen molar-refractivity contribution >= 4 is 29.1 Å². The summed E-state index contributed by atoms with van der Waals surface area (Å²) in [4.78, 5) is 12.1. The Morgan fingerprint density at radius 1 is 1.08 bits per heavy atom. The zero-order chi connectivity index (χ0) is 18.4. The van der Waals surface area contributed by atoms with Gasteiger partial charge >= 0.3 is 0 Å². The molecule has 0 aliphatic carbocycles. The zero-order valence-electron chi connectivity index (χ0n) is 14.7. The van der Waals surface area contributed by atoms with Crippen molar-refractivity contribution in [3.05, 3.63) is 63.6 Å². The summed E-state index contributed by atoms with van der Waals surface area (Å²) in [5, 5.41) is 3.63. The van der Waals surface area contributed by atoms with Gasteiger partial charge in [0.25, 0.3) is 5.91 Å². The molecule has 0 aromatic heterocycles. The molecule has 3 nitrogen and oxygen atoms in total. The standard InChI is InChI=1S/C20H23Cl2NO2/c1-13(2)11-15-7-9-16(10-8-15)14(3)23-19(24)12-25-18-6-4-5-17(21)20(18)22/h4-10,13-14H,11-12H2,1-3H3,(H,23,24)/t14-/m0/s1. The van der Waals surface area contributed by atoms with Crippen LogP contribution in [-0.4, -0.2) is 12.5 Å². The van der Waals surface area contributed by atoms with Gasteiger partial charge in [-0.05, 0) is 42.5 Å². The number of ether oxygens (including phenoxy) is 1. The summed E-state index contributed by atoms with van der Waals surface area (Å²) in [5.41, 5.74) is 2.36. The van der Waals surface area contributed by atoms with Gasteiger partial charge in [-0.2, -0.15) is 0 Å². The number of rotatable bonds is 7. The first kappa shape index (κ1) is 19.6. The van der Waals surface area contributed by atoms with E-state index in [1.54, 1.807) is 18.2 Å². The van der Waals surface area contributed by atoms with Crippen LogP contribution in [0.3, 0.4) is 0 Å². The highest BCUT2D eigenvalue weighted by atomic mass is 35.5. The Bertz CT molecular complexity index is 714. The normalized spacial score (nSPS) is 12.1. The van der Waals surface area contributed by atoms with E-state index in [0.717, 1.165) is 12.0 Å². The summed E-state index contributed by atoms with van der Waals surface area (Å²) >= 11 is 12.0. The predicted octanol–water partition coefficient (Wildman–Crippen LogP) is 5.45. The van der Waals surface area contributed by atoms with Gasteiger partial charge in [-0.1, -0.05) is 67.4 Å². The van der Waals surface area contributed by atoms with Gasteiger partial charge in [-0.15, -0.1) is 0 Å². The average molecular weight is 380 g/mol. The summed E-state index contributed by atoms with van der Waals surface area (Å²) in [6.07, 6.45) is 1.05. The van der Waals surface area contributed by atoms with Crippen LogP contribution in [0.15, 0.2) is 42.5 Å². The Hall–Kier alpha value is -1.71. The number of nitrogens with one attached hydrogen (secondary N) is 1. The first-order valence-electron chi connectivity index (χ1n) is 8.32. The van der Waals surface area contributed by atoms with Crippen LogP contribution in [0.1, 0.15) is 37.9 Å². The molecule has 1 N–H and O–H groups in total. The van der Waals surface area contributed by atoms with Crippen molar-refractivity contribution in [3.63, 3.8) is 0 Å². The monoisotopic (exact) mass is 379 g/mol. The lowest BCUT2D eigenvalue weighted by Gasteiger charge is -2.16. The van der Waals surface area contributed by atoms with Gasteiger partial charge < -0.3 is 10.1 Å². The minimum Gasteiger partial charge on any atom is -0.482 e. The Kier molecular flexibility index (Phi) is 7.15. The first-order valence-corrected chi connectivity index (χ1v) is 9.07. The predicted molar refractivity (Wildman–Crippen MR) is 103 cm³/mol. The van der Waals surface area contributed by atoms with Crippen LogP contribution in [0.5, 0.6) is 5.75 Å². The van der Waals surface area contributed by atoms with E-state index in [9.17, 15) is 4.79 Å². The lowest BCUT2D eigenvalue weighted by atomic mass is 10.00. The van der Waals surface area contributed by atoms with E-state index in [4.69, 9.17) is 27.9 Å². The van der Waals surface area contributed by atoms with Gasteiger partial charge in [0, 0.05) is 0 Å². The summed E-state index contributed by atoms with van der Waals surface area (Å²) in [7, 11) is 0. The molecule has 0 spiro atoms. The van der Waals surface area contributed by atoms with Crippen LogP contribution >= 0.6 is 23.2 Å². The maximum absolute atomic E-state index is 12.1. The van der Waals surface area contributed by atoms with E-state index in [1.807, 2.05) is 6.92 Å². The number of hydrogen-bond acceptors (Lipinski definition) is 2. The Morgan fingerprint density at radius 3 is 2.40 bits per heavy atom. The number of benzene rings is 2. The van der Waals surface area contributed by atoms with E-state index in [2.05, 4.69) is 43.4 Å². The largest absolute Gasteiger partial charge is 0.482 e. The molecule has 0 unspecified atom stereocenters. The molecule has 25 heavy (non-hydrogen) atoms. The van der Waals surface area contributed by atoms with Crippen LogP contribution < -0.4 is 10.1 Å². The van der Waals surface area contributed by atoms with E-state index >= 15 is 0 Å². The van der Waals surface area contributed by atoms with E-state index in [1.165, 1.54) is 5.56 Å². The molecule has 0 heterocycles. The Balaban J connectivity index is 1.88. The van der Waals surface area contributed by atoms with Gasteiger partial charge in [-0.3, -0.25) is 4.79 Å². The minimum atomic E-state index is -0.213. The Morgan fingerprint density at radius 2 is 1.76 bits per heavy atom. The van der Waals surface area contributed by atoms with Crippen molar-refractivity contribution in [1.29, 1.82) is 0 Å². The van der Waals surface area contributed by atoms with Gasteiger partial charge in [0.2, 0.25) is 0 Å². The minimum absolute atomic E-state index is 0.0981. The van der Waals surface area contributed by atoms with Crippen molar-refractivity contribution in [2.75, 3.05) is 6.61 Å². The lowest BCUT2D eigenvalue weighted by Crippen LogP contribution is -2.31. The topological polar surface area (TPSA) is 38.3 Å². The fourth-order valence-corrected chi connectivity index (χ4v) is 2.87. The van der Waals surface area contributed by atoms with Crippen molar-refractivity contribution in [2.45, 2.75) is 33.2 Å². The molecule has 2 rings (SSSR count). The Labute approximate surface area is 159 Å².